The Morgan fingerprint density at radius 2 is 2.17 bits per heavy atom. The maximum Gasteiger partial charge on any atom is 0.410 e. The zero-order valence-corrected chi connectivity index (χ0v) is 14.4. The number of likely N-dealkylation sites (tertiary alicyclic amines) is 1. The van der Waals surface area contributed by atoms with Crippen LogP contribution in [0.1, 0.15) is 12.0 Å². The molecule has 24 heavy (non-hydrogen) atoms. The number of nitrogens with zero attached hydrogens (tertiary/aromatic N) is 4. The van der Waals surface area contributed by atoms with Crippen molar-refractivity contribution in [3.8, 4) is 0 Å². The van der Waals surface area contributed by atoms with E-state index in [1.165, 1.54) is 12.1 Å². The second-order valence-electron chi connectivity index (χ2n) is 5.70. The van der Waals surface area contributed by atoms with E-state index in [1.54, 1.807) is 42.4 Å². The van der Waals surface area contributed by atoms with Gasteiger partial charge in [-0.05, 0) is 24.1 Å². The van der Waals surface area contributed by atoms with E-state index in [1.807, 2.05) is 0 Å². The Labute approximate surface area is 145 Å². The molecule has 0 bridgehead atoms. The van der Waals surface area contributed by atoms with Gasteiger partial charge in [0.2, 0.25) is 0 Å². The molecule has 0 aliphatic carbocycles. The van der Waals surface area contributed by atoms with Gasteiger partial charge in [-0.2, -0.15) is 17.7 Å². The molecule has 1 aromatic rings. The lowest BCUT2D eigenvalue weighted by molar-refractivity contribution is -0.384. The number of nitro groups is 1. The van der Waals surface area contributed by atoms with Gasteiger partial charge < -0.3 is 9.75 Å². The molecule has 1 saturated heterocycles. The van der Waals surface area contributed by atoms with E-state index in [4.69, 9.17) is 4.74 Å². The van der Waals surface area contributed by atoms with Crippen LogP contribution in [-0.2, 0) is 11.3 Å². The third-order valence-electron chi connectivity index (χ3n) is 3.54. The van der Waals surface area contributed by atoms with E-state index in [-0.39, 0.29) is 23.6 Å². The zero-order valence-electron chi connectivity index (χ0n) is 13.5. The normalized spacial score (nSPS) is 20.4. The second-order valence-corrected chi connectivity index (χ2v) is 6.43. The van der Waals surface area contributed by atoms with Crippen LogP contribution in [0.2, 0.25) is 0 Å². The van der Waals surface area contributed by atoms with E-state index in [2.05, 4.69) is 17.7 Å². The molecule has 0 aromatic heterocycles. The predicted molar refractivity (Wildman–Crippen MR) is 93.3 cm³/mol. The molecule has 2 atom stereocenters. The van der Waals surface area contributed by atoms with Gasteiger partial charge in [0, 0.05) is 44.2 Å². The van der Waals surface area contributed by atoms with Crippen LogP contribution in [0, 0.1) is 10.1 Å². The summed E-state index contributed by atoms with van der Waals surface area (Å²) in [6, 6.07) is 5.76. The van der Waals surface area contributed by atoms with Crippen LogP contribution in [0.4, 0.5) is 10.5 Å². The second kappa shape index (κ2) is 8.00. The number of hydrazone groups is 1. The van der Waals surface area contributed by atoms with Crippen LogP contribution in [-0.4, -0.2) is 59.1 Å². The van der Waals surface area contributed by atoms with Gasteiger partial charge in [0.25, 0.3) is 5.69 Å². The first-order valence-electron chi connectivity index (χ1n) is 7.43. The molecule has 0 spiro atoms. The van der Waals surface area contributed by atoms with Crippen molar-refractivity contribution in [3.63, 3.8) is 0 Å². The smallest absolute Gasteiger partial charge is 0.410 e. The molecule has 0 saturated carbocycles. The third kappa shape index (κ3) is 4.85. The van der Waals surface area contributed by atoms with Gasteiger partial charge in [-0.15, -0.1) is 0 Å². The van der Waals surface area contributed by atoms with Crippen LogP contribution < -0.4 is 0 Å². The van der Waals surface area contributed by atoms with E-state index < -0.39 is 11.0 Å². The molecule has 0 N–H and O–H groups in total. The summed E-state index contributed by atoms with van der Waals surface area (Å²) in [5.74, 6) is 0. The summed E-state index contributed by atoms with van der Waals surface area (Å²) < 4.78 is 5.31. The summed E-state index contributed by atoms with van der Waals surface area (Å²) in [6.45, 7) is 0.550. The van der Waals surface area contributed by atoms with Gasteiger partial charge in [0.1, 0.15) is 6.61 Å². The summed E-state index contributed by atoms with van der Waals surface area (Å²) in [5.41, 5.74) is 0.691. The molecule has 1 heterocycles. The SMILES string of the molecule is CN(C)N=C[C@@H]1C[C@H](S)CN1C(=O)OCc1ccc([N+](=O)[O-])cc1. The predicted octanol–water partition coefficient (Wildman–Crippen LogP) is 2.15. The molecule has 1 fully saturated rings. The highest BCUT2D eigenvalue weighted by Gasteiger charge is 2.33. The molecular weight excluding hydrogens is 332 g/mol. The van der Waals surface area contributed by atoms with Crippen molar-refractivity contribution in [1.29, 1.82) is 0 Å². The topological polar surface area (TPSA) is 88.3 Å². The Balaban J connectivity index is 1.94. The number of carbonyl (C=O) groups excluding carboxylic acids is 1. The van der Waals surface area contributed by atoms with Gasteiger partial charge in [-0.3, -0.25) is 15.0 Å². The third-order valence-corrected chi connectivity index (χ3v) is 3.91. The Morgan fingerprint density at radius 3 is 2.75 bits per heavy atom. The Bertz CT molecular complexity index is 620. The van der Waals surface area contributed by atoms with E-state index >= 15 is 0 Å². The molecule has 8 nitrogen and oxygen atoms in total. The number of amides is 1. The maximum atomic E-state index is 12.3. The van der Waals surface area contributed by atoms with Crippen molar-refractivity contribution >= 4 is 30.6 Å². The number of ether oxygens (including phenoxy) is 1. The summed E-state index contributed by atoms with van der Waals surface area (Å²) in [6.07, 6.45) is 1.98. The number of thiol groups is 1. The summed E-state index contributed by atoms with van der Waals surface area (Å²) in [5, 5.41) is 16.5. The molecule has 0 unspecified atom stereocenters. The van der Waals surface area contributed by atoms with Crippen molar-refractivity contribution in [2.45, 2.75) is 24.3 Å². The van der Waals surface area contributed by atoms with Crippen molar-refractivity contribution in [1.82, 2.24) is 9.91 Å². The first-order chi connectivity index (χ1) is 11.4. The number of non-ortho nitro benzene ring substituents is 1. The lowest BCUT2D eigenvalue weighted by atomic mass is 10.2. The molecule has 1 aliphatic rings. The monoisotopic (exact) mass is 352 g/mol. The molecule has 1 amide bonds. The summed E-state index contributed by atoms with van der Waals surface area (Å²) in [7, 11) is 3.61. The van der Waals surface area contributed by atoms with Gasteiger partial charge in [-0.25, -0.2) is 4.79 Å². The fraction of sp³-hybridized carbons (Fsp3) is 0.467. The van der Waals surface area contributed by atoms with Crippen molar-refractivity contribution in [2.75, 3.05) is 20.6 Å². The first-order valence-corrected chi connectivity index (χ1v) is 7.94. The van der Waals surface area contributed by atoms with Crippen LogP contribution >= 0.6 is 12.6 Å². The fourth-order valence-corrected chi connectivity index (χ4v) is 2.74. The van der Waals surface area contributed by atoms with Crippen LogP contribution in [0.3, 0.4) is 0 Å². The van der Waals surface area contributed by atoms with Gasteiger partial charge in [0.05, 0.1) is 11.0 Å². The Kier molecular flexibility index (Phi) is 6.02. The first kappa shape index (κ1) is 18.1. The standard InChI is InChI=1S/C15H20N4O4S/c1-17(2)16-8-13-7-14(24)9-18(13)15(20)23-10-11-3-5-12(6-4-11)19(21)22/h3-6,8,13-14,24H,7,9-10H2,1-2H3/t13-,14-/m0/s1. The quantitative estimate of drug-likeness (QED) is 0.380. The number of hydrogen-bond acceptors (Lipinski definition) is 7. The Hall–Kier alpha value is -2.29. The summed E-state index contributed by atoms with van der Waals surface area (Å²) >= 11 is 4.43. The highest BCUT2D eigenvalue weighted by atomic mass is 32.1. The highest BCUT2D eigenvalue weighted by Crippen LogP contribution is 2.22. The average molecular weight is 352 g/mol. The number of carbonyl (C=O) groups is 1. The summed E-state index contributed by atoms with van der Waals surface area (Å²) in [4.78, 5) is 24.0. The lowest BCUT2D eigenvalue weighted by Crippen LogP contribution is -2.37. The van der Waals surface area contributed by atoms with Crippen LogP contribution in [0.25, 0.3) is 0 Å². The highest BCUT2D eigenvalue weighted by molar-refractivity contribution is 7.81. The van der Waals surface area contributed by atoms with E-state index in [0.717, 1.165) is 0 Å². The Morgan fingerprint density at radius 1 is 1.50 bits per heavy atom. The molecule has 130 valence electrons. The largest absolute Gasteiger partial charge is 0.445 e. The van der Waals surface area contributed by atoms with Crippen molar-refractivity contribution in [3.05, 3.63) is 39.9 Å². The fourth-order valence-electron chi connectivity index (χ4n) is 2.35. The molecule has 9 heteroatoms. The zero-order chi connectivity index (χ0) is 17.7. The minimum Gasteiger partial charge on any atom is -0.445 e. The van der Waals surface area contributed by atoms with Crippen LogP contribution in [0.15, 0.2) is 29.4 Å². The van der Waals surface area contributed by atoms with Gasteiger partial charge in [0.15, 0.2) is 0 Å². The number of nitro benzene ring substituents is 1. The lowest BCUT2D eigenvalue weighted by Gasteiger charge is -2.21. The van der Waals surface area contributed by atoms with Gasteiger partial charge >= 0.3 is 6.09 Å². The average Bonchev–Trinajstić information content (AvgIpc) is 2.92. The van der Waals surface area contributed by atoms with Crippen molar-refractivity contribution < 1.29 is 14.5 Å². The number of hydrogen-bond donors (Lipinski definition) is 1. The number of rotatable bonds is 5. The maximum absolute atomic E-state index is 12.3. The molecule has 2 rings (SSSR count). The molecule has 1 aromatic carbocycles. The molecular formula is C15H20N4O4S. The van der Waals surface area contributed by atoms with E-state index in [9.17, 15) is 14.9 Å². The van der Waals surface area contributed by atoms with Crippen molar-refractivity contribution in [2.24, 2.45) is 5.10 Å². The number of benzene rings is 1. The van der Waals surface area contributed by atoms with E-state index in [0.29, 0.717) is 18.5 Å². The van der Waals surface area contributed by atoms with Gasteiger partial charge in [-0.1, -0.05) is 0 Å². The molecule has 1 aliphatic heterocycles. The molecule has 0 radical (unpaired) electrons. The minimum atomic E-state index is -0.471. The minimum absolute atomic E-state index is 0.00231. The van der Waals surface area contributed by atoms with Crippen LogP contribution in [0.5, 0.6) is 0 Å².